The first kappa shape index (κ1) is 15.3. The molecule has 114 valence electrons. The molecule has 1 saturated heterocycles. The quantitative estimate of drug-likeness (QED) is 0.879. The fraction of sp³-hybridized carbons (Fsp3) is 0.533. The molecule has 1 aromatic heterocycles. The largest absolute Gasteiger partial charge is 0.481 e. The molecule has 2 heterocycles. The zero-order chi connectivity index (χ0) is 15.5. The number of rotatable bonds is 4. The number of carbonyl (C=O) groups is 2. The molecular weight excluding hydrogens is 272 g/mol. The van der Waals surface area contributed by atoms with Gasteiger partial charge in [0.25, 0.3) is 5.91 Å². The van der Waals surface area contributed by atoms with Gasteiger partial charge in [0.2, 0.25) is 5.56 Å². The highest BCUT2D eigenvalue weighted by molar-refractivity contribution is 5.92. The Morgan fingerprint density at radius 2 is 2.00 bits per heavy atom. The molecule has 21 heavy (non-hydrogen) atoms. The average molecular weight is 292 g/mol. The van der Waals surface area contributed by atoms with Gasteiger partial charge in [0, 0.05) is 19.2 Å². The second kappa shape index (κ2) is 6.11. The normalized spacial score (nSPS) is 17.5. The number of hydrogen-bond acceptors (Lipinski definition) is 3. The first-order valence-corrected chi connectivity index (χ1v) is 7.20. The number of carbonyl (C=O) groups excluding carboxylic acids is 1. The first-order chi connectivity index (χ1) is 9.98. The molecule has 0 atom stereocenters. The van der Waals surface area contributed by atoms with Gasteiger partial charge in [-0.1, -0.05) is 19.4 Å². The number of carboxylic acid groups (broad SMARTS) is 1. The van der Waals surface area contributed by atoms with E-state index < -0.39 is 11.4 Å². The summed E-state index contributed by atoms with van der Waals surface area (Å²) < 4.78 is 0. The molecule has 0 aliphatic carbocycles. The molecule has 0 radical (unpaired) electrons. The number of likely N-dealkylation sites (tertiary alicyclic amines) is 1. The predicted molar refractivity (Wildman–Crippen MR) is 77.2 cm³/mol. The van der Waals surface area contributed by atoms with Crippen molar-refractivity contribution in [1.82, 2.24) is 9.88 Å². The van der Waals surface area contributed by atoms with E-state index in [-0.39, 0.29) is 17.2 Å². The molecular formula is C15H20N2O4. The van der Waals surface area contributed by atoms with E-state index in [1.807, 2.05) is 6.92 Å². The van der Waals surface area contributed by atoms with Gasteiger partial charge in [-0.2, -0.15) is 0 Å². The Hall–Kier alpha value is -2.11. The molecule has 1 amide bonds. The summed E-state index contributed by atoms with van der Waals surface area (Å²) in [6, 6.07) is 4.45. The van der Waals surface area contributed by atoms with E-state index in [9.17, 15) is 19.5 Å². The number of piperidine rings is 1. The number of pyridine rings is 1. The minimum absolute atomic E-state index is 0.247. The molecule has 1 aromatic rings. The lowest BCUT2D eigenvalue weighted by molar-refractivity contribution is -0.152. The number of aromatic nitrogens is 1. The molecule has 0 spiro atoms. The topological polar surface area (TPSA) is 90.5 Å². The number of nitrogens with zero attached hydrogens (tertiary/aromatic N) is 1. The van der Waals surface area contributed by atoms with Crippen molar-refractivity contribution in [2.75, 3.05) is 13.1 Å². The highest BCUT2D eigenvalue weighted by atomic mass is 16.4. The van der Waals surface area contributed by atoms with Crippen molar-refractivity contribution < 1.29 is 14.7 Å². The lowest BCUT2D eigenvalue weighted by atomic mass is 9.75. The summed E-state index contributed by atoms with van der Waals surface area (Å²) >= 11 is 0. The van der Waals surface area contributed by atoms with E-state index in [0.29, 0.717) is 32.4 Å². The van der Waals surface area contributed by atoms with E-state index >= 15 is 0 Å². The number of carboxylic acids is 1. The molecule has 1 fully saturated rings. The summed E-state index contributed by atoms with van der Waals surface area (Å²) in [4.78, 5) is 39.2. The van der Waals surface area contributed by atoms with E-state index in [4.69, 9.17) is 0 Å². The molecule has 0 unspecified atom stereocenters. The van der Waals surface area contributed by atoms with Crippen LogP contribution in [0.2, 0.25) is 0 Å². The van der Waals surface area contributed by atoms with E-state index in [1.54, 1.807) is 11.0 Å². The van der Waals surface area contributed by atoms with Crippen molar-refractivity contribution in [3.05, 3.63) is 34.2 Å². The Labute approximate surface area is 122 Å². The smallest absolute Gasteiger partial charge is 0.309 e. The third kappa shape index (κ3) is 3.15. The molecule has 2 rings (SSSR count). The van der Waals surface area contributed by atoms with E-state index in [0.717, 1.165) is 6.42 Å². The minimum Gasteiger partial charge on any atom is -0.481 e. The highest BCUT2D eigenvalue weighted by Crippen LogP contribution is 2.36. The predicted octanol–water partition coefficient (Wildman–Crippen LogP) is 1.48. The van der Waals surface area contributed by atoms with E-state index in [1.165, 1.54) is 12.1 Å². The highest BCUT2D eigenvalue weighted by Gasteiger charge is 2.41. The van der Waals surface area contributed by atoms with Gasteiger partial charge in [-0.25, -0.2) is 0 Å². The molecule has 2 N–H and O–H groups in total. The fourth-order valence-electron chi connectivity index (χ4n) is 2.93. The number of aromatic amines is 1. The SMILES string of the molecule is CCCC1(C(=O)O)CCN(C(=O)c2cccc(=O)[nH]2)CC1. The van der Waals surface area contributed by atoms with Gasteiger partial charge in [-0.3, -0.25) is 14.4 Å². The maximum Gasteiger partial charge on any atom is 0.309 e. The third-order valence-corrected chi connectivity index (χ3v) is 4.19. The van der Waals surface area contributed by atoms with Crippen LogP contribution < -0.4 is 5.56 Å². The van der Waals surface area contributed by atoms with E-state index in [2.05, 4.69) is 4.98 Å². The third-order valence-electron chi connectivity index (χ3n) is 4.19. The van der Waals surface area contributed by atoms with Crippen LogP contribution in [0.1, 0.15) is 43.1 Å². The van der Waals surface area contributed by atoms with Crippen LogP contribution in [0.15, 0.2) is 23.0 Å². The Balaban J connectivity index is 2.08. The van der Waals surface area contributed by atoms with Crippen LogP contribution in [0.5, 0.6) is 0 Å². The summed E-state index contributed by atoms with van der Waals surface area (Å²) in [6.07, 6.45) is 2.36. The summed E-state index contributed by atoms with van der Waals surface area (Å²) in [5, 5.41) is 9.45. The van der Waals surface area contributed by atoms with Gasteiger partial charge in [0.15, 0.2) is 0 Å². The first-order valence-electron chi connectivity index (χ1n) is 7.20. The minimum atomic E-state index is -0.774. The monoisotopic (exact) mass is 292 g/mol. The van der Waals surface area contributed by atoms with Gasteiger partial charge in [0.05, 0.1) is 5.41 Å². The van der Waals surface area contributed by atoms with Crippen molar-refractivity contribution in [2.45, 2.75) is 32.6 Å². The van der Waals surface area contributed by atoms with Crippen LogP contribution >= 0.6 is 0 Å². The maximum absolute atomic E-state index is 12.3. The second-order valence-electron chi connectivity index (χ2n) is 5.56. The Kier molecular flexibility index (Phi) is 4.45. The summed E-state index contributed by atoms with van der Waals surface area (Å²) in [5.41, 5.74) is -0.778. The Morgan fingerprint density at radius 1 is 1.33 bits per heavy atom. The van der Waals surface area contributed by atoms with Gasteiger partial charge >= 0.3 is 5.97 Å². The van der Waals surface area contributed by atoms with Crippen LogP contribution in [0.4, 0.5) is 0 Å². The van der Waals surface area contributed by atoms with Crippen LogP contribution in [-0.4, -0.2) is 40.0 Å². The average Bonchev–Trinajstić information content (AvgIpc) is 2.47. The molecule has 0 saturated carbocycles. The van der Waals surface area contributed by atoms with Gasteiger partial charge in [-0.05, 0) is 25.3 Å². The summed E-state index contributed by atoms with van der Waals surface area (Å²) in [7, 11) is 0. The summed E-state index contributed by atoms with van der Waals surface area (Å²) in [6.45, 7) is 2.78. The number of amides is 1. The lowest BCUT2D eigenvalue weighted by Gasteiger charge is -2.38. The van der Waals surface area contributed by atoms with Gasteiger partial charge in [-0.15, -0.1) is 0 Å². The Bertz CT molecular complexity index is 585. The lowest BCUT2D eigenvalue weighted by Crippen LogP contribution is -2.46. The van der Waals surface area contributed by atoms with Crippen LogP contribution in [0.25, 0.3) is 0 Å². The van der Waals surface area contributed by atoms with Crippen LogP contribution in [0.3, 0.4) is 0 Å². The number of hydrogen-bond donors (Lipinski definition) is 2. The maximum atomic E-state index is 12.3. The zero-order valence-corrected chi connectivity index (χ0v) is 12.1. The van der Waals surface area contributed by atoms with Crippen molar-refractivity contribution in [3.8, 4) is 0 Å². The number of aliphatic carboxylic acids is 1. The zero-order valence-electron chi connectivity index (χ0n) is 12.1. The fourth-order valence-corrected chi connectivity index (χ4v) is 2.93. The van der Waals surface area contributed by atoms with Crippen molar-refractivity contribution >= 4 is 11.9 Å². The Morgan fingerprint density at radius 3 is 2.52 bits per heavy atom. The molecule has 6 nitrogen and oxygen atoms in total. The van der Waals surface area contributed by atoms with Crippen molar-refractivity contribution in [1.29, 1.82) is 0 Å². The van der Waals surface area contributed by atoms with Crippen LogP contribution in [-0.2, 0) is 4.79 Å². The number of H-pyrrole nitrogens is 1. The standard InChI is InChI=1S/C15H20N2O4/c1-2-6-15(14(20)21)7-9-17(10-8-15)13(19)11-4-3-5-12(18)16-11/h3-5H,2,6-10H2,1H3,(H,16,18)(H,20,21). The molecule has 1 aliphatic rings. The number of nitrogens with one attached hydrogen (secondary N) is 1. The molecule has 0 aromatic carbocycles. The van der Waals surface area contributed by atoms with Crippen molar-refractivity contribution in [2.24, 2.45) is 5.41 Å². The van der Waals surface area contributed by atoms with Gasteiger partial charge < -0.3 is 15.0 Å². The molecule has 0 bridgehead atoms. The molecule has 1 aliphatic heterocycles. The molecule has 6 heteroatoms. The van der Waals surface area contributed by atoms with Crippen LogP contribution in [0, 0.1) is 5.41 Å². The summed E-state index contributed by atoms with van der Waals surface area (Å²) in [5.74, 6) is -1.02. The van der Waals surface area contributed by atoms with Crippen molar-refractivity contribution in [3.63, 3.8) is 0 Å². The van der Waals surface area contributed by atoms with Gasteiger partial charge in [0.1, 0.15) is 5.69 Å². The second-order valence-corrected chi connectivity index (χ2v) is 5.56.